The van der Waals surface area contributed by atoms with Gasteiger partial charge in [-0.2, -0.15) is 0 Å². The zero-order chi connectivity index (χ0) is 5.82. The third-order valence-corrected chi connectivity index (χ3v) is 2.65. The Kier molecular flexibility index (Phi) is 2.90. The molecule has 0 radical (unpaired) electrons. The first-order valence-corrected chi connectivity index (χ1v) is 4.40. The molecule has 0 amide bonds. The minimum atomic E-state index is 0.732. The second-order valence-corrected chi connectivity index (χ2v) is 3.43. The van der Waals surface area contributed by atoms with E-state index < -0.39 is 0 Å². The van der Waals surface area contributed by atoms with Crippen molar-refractivity contribution in [1.29, 1.82) is 0 Å². The van der Waals surface area contributed by atoms with Crippen molar-refractivity contribution < 1.29 is 0 Å². The topological polar surface area (TPSA) is 0 Å². The molecule has 0 aromatic carbocycles. The van der Waals surface area contributed by atoms with Gasteiger partial charge in [0, 0.05) is 0 Å². The maximum Gasteiger partial charge on any atom is -0.0215 e. The van der Waals surface area contributed by atoms with E-state index in [1.807, 2.05) is 0 Å². The van der Waals surface area contributed by atoms with Crippen LogP contribution in [-0.4, -0.2) is 19.9 Å². The van der Waals surface area contributed by atoms with Crippen molar-refractivity contribution in [2.24, 2.45) is 0 Å². The van der Waals surface area contributed by atoms with E-state index >= 15 is 0 Å². The lowest BCUT2D eigenvalue weighted by Gasteiger charge is -2.12. The minimum absolute atomic E-state index is 0.732. The zero-order valence-corrected chi connectivity index (χ0v) is 5.58. The number of hydrogen-bond donors (Lipinski definition) is 0. The molecule has 8 heavy (non-hydrogen) atoms. The van der Waals surface area contributed by atoms with Crippen LogP contribution in [0.2, 0.25) is 0 Å². The van der Waals surface area contributed by atoms with Crippen LogP contribution in [0.15, 0.2) is 0 Å². The highest BCUT2D eigenvalue weighted by atomic mass is 31.1. The molecule has 2 heteroatoms. The summed E-state index contributed by atoms with van der Waals surface area (Å²) in [5.41, 5.74) is 0. The van der Waals surface area contributed by atoms with Gasteiger partial charge >= 0.3 is 0 Å². The lowest BCUT2D eigenvalue weighted by Crippen LogP contribution is -1.82. The predicted octanol–water partition coefficient (Wildman–Crippen LogP) is 1.32. The lowest BCUT2D eigenvalue weighted by molar-refractivity contribution is 0.726. The average Bonchev–Trinajstić information content (AvgIpc) is 1.94. The van der Waals surface area contributed by atoms with Gasteiger partial charge in [0.25, 0.3) is 0 Å². The van der Waals surface area contributed by atoms with Crippen LogP contribution in [0.1, 0.15) is 25.7 Å². The second kappa shape index (κ2) is 3.51. The van der Waals surface area contributed by atoms with Gasteiger partial charge in [-0.05, 0) is 7.57 Å². The molecule has 0 bridgehead atoms. The van der Waals surface area contributed by atoms with Crippen LogP contribution in [0, 0.1) is 0 Å². The van der Waals surface area contributed by atoms with Gasteiger partial charge < -0.3 is 0 Å². The minimum Gasteiger partial charge on any atom is -0.288 e. The molecular formula is C6H15BP-. The van der Waals surface area contributed by atoms with Crippen molar-refractivity contribution in [1.82, 2.24) is 0 Å². The van der Waals surface area contributed by atoms with E-state index in [9.17, 15) is 0 Å². The molecule has 1 saturated heterocycles. The van der Waals surface area contributed by atoms with Crippen LogP contribution < -0.4 is 0 Å². The molecule has 1 aliphatic rings. The normalized spacial score (nSPS) is 25.1. The highest BCUT2D eigenvalue weighted by molar-refractivity contribution is 7.82. The van der Waals surface area contributed by atoms with Crippen molar-refractivity contribution in [2.45, 2.75) is 25.7 Å². The van der Waals surface area contributed by atoms with Crippen LogP contribution >= 0.6 is 7.80 Å². The molecule has 1 fully saturated rings. The second-order valence-electron chi connectivity index (χ2n) is 2.09. The molecule has 0 aromatic rings. The van der Waals surface area contributed by atoms with E-state index in [0.717, 1.165) is 15.4 Å². The Morgan fingerprint density at radius 3 is 1.88 bits per heavy atom. The third kappa shape index (κ3) is 2.18. The summed E-state index contributed by atoms with van der Waals surface area (Å²) in [6, 6.07) is 0. The molecule has 0 aliphatic carbocycles. The van der Waals surface area contributed by atoms with Gasteiger partial charge in [-0.25, -0.2) is 0 Å². The summed E-state index contributed by atoms with van der Waals surface area (Å²) < 4.78 is 0. The monoisotopic (exact) mass is 129 g/mol. The van der Waals surface area contributed by atoms with Crippen LogP contribution in [0.3, 0.4) is 0 Å². The molecular weight excluding hydrogens is 114 g/mol. The molecule has 0 aromatic heterocycles. The summed E-state index contributed by atoms with van der Waals surface area (Å²) in [5.74, 6) is 0. The Labute approximate surface area is 54.2 Å². The van der Waals surface area contributed by atoms with Crippen LogP contribution in [0.25, 0.3) is 0 Å². The molecule has 0 saturated carbocycles. The van der Waals surface area contributed by atoms with Crippen molar-refractivity contribution in [2.75, 3.05) is 12.3 Å². The zero-order valence-electron chi connectivity index (χ0n) is 4.69. The third-order valence-electron chi connectivity index (χ3n) is 1.38. The molecule has 1 rings (SSSR count). The Morgan fingerprint density at radius 2 is 1.38 bits per heavy atom. The van der Waals surface area contributed by atoms with Gasteiger partial charge in [-0.1, -0.05) is 38.0 Å². The Balaban J connectivity index is 2.17. The summed E-state index contributed by atoms with van der Waals surface area (Å²) in [7, 11) is 1.50. The molecule has 0 N–H and O–H groups in total. The van der Waals surface area contributed by atoms with E-state index in [-0.39, 0.29) is 0 Å². The maximum atomic E-state index is 1.66. The van der Waals surface area contributed by atoms with E-state index in [4.69, 9.17) is 0 Å². The fourth-order valence-electron chi connectivity index (χ4n) is 0.913. The Hall–Kier alpha value is 0.495. The molecule has 1 aliphatic heterocycles. The van der Waals surface area contributed by atoms with Crippen molar-refractivity contribution in [3.8, 4) is 0 Å². The fourth-order valence-corrected chi connectivity index (χ4v) is 2.03. The van der Waals surface area contributed by atoms with Crippen molar-refractivity contribution in [3.05, 3.63) is 0 Å². The SMILES string of the molecule is [BH3-]P1CCCCCC1. The number of hydrogen-bond acceptors (Lipinski definition) is 0. The first kappa shape index (κ1) is 6.61. The fraction of sp³-hybridized carbons (Fsp3) is 1.00. The Morgan fingerprint density at radius 1 is 0.875 bits per heavy atom. The molecule has 0 nitrogen and oxygen atoms in total. The quantitative estimate of drug-likeness (QED) is 0.341. The molecule has 0 unspecified atom stereocenters. The van der Waals surface area contributed by atoms with E-state index in [1.54, 1.807) is 38.0 Å². The average molecular weight is 129 g/mol. The van der Waals surface area contributed by atoms with Gasteiger partial charge in [-0.15, -0.1) is 0 Å². The van der Waals surface area contributed by atoms with Crippen LogP contribution in [-0.2, 0) is 0 Å². The van der Waals surface area contributed by atoms with E-state index in [0.29, 0.717) is 0 Å². The smallest absolute Gasteiger partial charge is 0.0215 e. The van der Waals surface area contributed by atoms with Gasteiger partial charge in [0.2, 0.25) is 0 Å². The van der Waals surface area contributed by atoms with Crippen molar-refractivity contribution >= 4 is 15.4 Å². The van der Waals surface area contributed by atoms with Gasteiger partial charge in [0.1, 0.15) is 0 Å². The summed E-state index contributed by atoms with van der Waals surface area (Å²) in [5, 5.41) is 0. The molecule has 0 atom stereocenters. The van der Waals surface area contributed by atoms with Gasteiger partial charge in [-0.3, -0.25) is 7.80 Å². The van der Waals surface area contributed by atoms with Crippen molar-refractivity contribution in [3.63, 3.8) is 0 Å². The van der Waals surface area contributed by atoms with Gasteiger partial charge in [0.15, 0.2) is 0 Å². The first-order valence-electron chi connectivity index (χ1n) is 3.13. The number of rotatable bonds is 0. The highest BCUT2D eigenvalue weighted by Gasteiger charge is 1.99. The summed E-state index contributed by atoms with van der Waals surface area (Å²) in [4.78, 5) is 0. The van der Waals surface area contributed by atoms with Crippen LogP contribution in [0.4, 0.5) is 0 Å². The highest BCUT2D eigenvalue weighted by Crippen LogP contribution is 2.34. The molecule has 48 valence electrons. The Bertz CT molecular complexity index is 57.5. The molecule has 1 heterocycles. The lowest BCUT2D eigenvalue weighted by atomic mass is 10.2. The standard InChI is InChI=1S/C6H15BP/c7-8-5-3-1-2-4-6-8/h1-6H2,7H3/q-1. The van der Waals surface area contributed by atoms with Crippen LogP contribution in [0.5, 0.6) is 0 Å². The summed E-state index contributed by atoms with van der Waals surface area (Å²) in [6.45, 7) is 0. The first-order chi connectivity index (χ1) is 3.89. The largest absolute Gasteiger partial charge is 0.288 e. The van der Waals surface area contributed by atoms with Gasteiger partial charge in [0.05, 0.1) is 0 Å². The van der Waals surface area contributed by atoms with E-state index in [1.165, 1.54) is 0 Å². The molecule has 0 spiro atoms. The summed E-state index contributed by atoms with van der Waals surface area (Å²) >= 11 is 0. The maximum absolute atomic E-state index is 1.66. The predicted molar refractivity (Wildman–Crippen MR) is 45.1 cm³/mol. The van der Waals surface area contributed by atoms with E-state index in [2.05, 4.69) is 0 Å². The summed E-state index contributed by atoms with van der Waals surface area (Å²) in [6.07, 6.45) is 9.57.